The van der Waals surface area contributed by atoms with E-state index in [1.165, 1.54) is 54.5 Å². The van der Waals surface area contributed by atoms with Gasteiger partial charge in [0.25, 0.3) is 0 Å². The van der Waals surface area contributed by atoms with Crippen LogP contribution in [0.4, 0.5) is 0 Å². The van der Waals surface area contributed by atoms with Gasteiger partial charge in [-0.2, -0.15) is 0 Å². The Bertz CT molecular complexity index is 960. The molecule has 3 rings (SSSR count). The topological polar surface area (TPSA) is 17.3 Å². The van der Waals surface area contributed by atoms with Gasteiger partial charge in [0, 0.05) is 35.4 Å². The zero-order chi connectivity index (χ0) is 22.7. The second-order valence-corrected chi connectivity index (χ2v) is 9.96. The van der Waals surface area contributed by atoms with Crippen LogP contribution in [0.5, 0.6) is 0 Å². The zero-order valence-electron chi connectivity index (χ0n) is 20.9. The van der Waals surface area contributed by atoms with Crippen LogP contribution in [0.15, 0.2) is 35.6 Å². The molecule has 2 heteroatoms. The van der Waals surface area contributed by atoms with Crippen molar-refractivity contribution in [2.45, 2.75) is 93.0 Å². The molecule has 3 atom stereocenters. The van der Waals surface area contributed by atoms with E-state index in [1.54, 1.807) is 16.7 Å². The Morgan fingerprint density at radius 2 is 1.87 bits per heavy atom. The fourth-order valence-electron chi connectivity index (χ4n) is 5.83. The number of nitrogens with zero attached hydrogens (tertiary/aromatic N) is 2. The lowest BCUT2D eigenvalue weighted by Gasteiger charge is -2.20. The Labute approximate surface area is 190 Å². The molecule has 0 bridgehead atoms. The monoisotopic (exact) mass is 418 g/mol. The molecule has 1 aromatic carbocycles. The lowest BCUT2D eigenvalue weighted by atomic mass is 9.87. The molecule has 0 amide bonds. The van der Waals surface area contributed by atoms with Crippen LogP contribution in [0.25, 0.3) is 0 Å². The highest BCUT2D eigenvalue weighted by atomic mass is 15.0. The Kier molecular flexibility index (Phi) is 7.62. The van der Waals surface area contributed by atoms with Crippen LogP contribution in [0, 0.1) is 32.6 Å². The molecule has 2 nitrogen and oxygen atoms in total. The van der Waals surface area contributed by atoms with Crippen molar-refractivity contribution in [3.05, 3.63) is 69.7 Å². The maximum absolute atomic E-state index is 4.46. The Hall–Kier alpha value is -2.09. The van der Waals surface area contributed by atoms with Crippen LogP contribution in [0.2, 0.25) is 0 Å². The van der Waals surface area contributed by atoms with Gasteiger partial charge in [0.15, 0.2) is 0 Å². The predicted molar refractivity (Wildman–Crippen MR) is 135 cm³/mol. The van der Waals surface area contributed by atoms with Gasteiger partial charge < -0.3 is 4.57 Å². The molecule has 31 heavy (non-hydrogen) atoms. The van der Waals surface area contributed by atoms with Crippen molar-refractivity contribution >= 4 is 6.21 Å². The van der Waals surface area contributed by atoms with E-state index in [1.807, 2.05) is 13.1 Å². The molecule has 1 aliphatic rings. The molecule has 2 aromatic rings. The van der Waals surface area contributed by atoms with Crippen LogP contribution in [0.1, 0.15) is 92.1 Å². The summed E-state index contributed by atoms with van der Waals surface area (Å²) in [4.78, 5) is 4.46. The first-order chi connectivity index (χ1) is 14.7. The molecule has 1 fully saturated rings. The molecule has 1 heterocycles. The summed E-state index contributed by atoms with van der Waals surface area (Å²) in [6.07, 6.45) is 11.7. The van der Waals surface area contributed by atoms with E-state index in [0.717, 1.165) is 18.0 Å². The molecule has 1 aliphatic carbocycles. The molecular formula is C29H42N2. The summed E-state index contributed by atoms with van der Waals surface area (Å²) in [5.41, 5.74) is 11.0. The minimum atomic E-state index is 0.584. The van der Waals surface area contributed by atoms with Gasteiger partial charge in [0.2, 0.25) is 0 Å². The van der Waals surface area contributed by atoms with Crippen molar-refractivity contribution in [3.63, 3.8) is 0 Å². The summed E-state index contributed by atoms with van der Waals surface area (Å²) in [6, 6.07) is 5.47. The summed E-state index contributed by atoms with van der Waals surface area (Å²) in [5.74, 6) is 1.46. The predicted octanol–water partition coefficient (Wildman–Crippen LogP) is 7.71. The third kappa shape index (κ3) is 5.22. The van der Waals surface area contributed by atoms with Gasteiger partial charge in [-0.15, -0.1) is 0 Å². The van der Waals surface area contributed by atoms with Crippen LogP contribution in [-0.2, 0) is 19.3 Å². The summed E-state index contributed by atoms with van der Waals surface area (Å²) in [7, 11) is 0. The minimum absolute atomic E-state index is 0.584. The largest absolute Gasteiger partial charge is 0.347 e. The van der Waals surface area contributed by atoms with E-state index < -0.39 is 0 Å². The van der Waals surface area contributed by atoms with E-state index >= 15 is 0 Å². The number of hydrogen-bond acceptors (Lipinski definition) is 1. The van der Waals surface area contributed by atoms with Gasteiger partial charge in [0.05, 0.1) is 0 Å². The molecule has 0 radical (unpaired) electrons. The second kappa shape index (κ2) is 10.0. The first-order valence-corrected chi connectivity index (χ1v) is 12.2. The molecule has 0 aliphatic heterocycles. The van der Waals surface area contributed by atoms with Gasteiger partial charge in [-0.25, -0.2) is 0 Å². The number of benzene rings is 1. The Morgan fingerprint density at radius 1 is 1.16 bits per heavy atom. The zero-order valence-corrected chi connectivity index (χ0v) is 20.9. The molecular weight excluding hydrogens is 376 g/mol. The molecule has 3 unspecified atom stereocenters. The number of aryl methyl sites for hydroxylation is 3. The third-order valence-corrected chi connectivity index (χ3v) is 7.20. The first-order valence-electron chi connectivity index (χ1n) is 12.2. The minimum Gasteiger partial charge on any atom is -0.347 e. The van der Waals surface area contributed by atoms with Crippen molar-refractivity contribution in [2.24, 2.45) is 16.8 Å². The van der Waals surface area contributed by atoms with Crippen LogP contribution in [0.3, 0.4) is 0 Å². The lowest BCUT2D eigenvalue weighted by molar-refractivity contribution is 0.401. The number of aliphatic imine (C=N–C) groups is 1. The number of aromatic nitrogens is 1. The highest BCUT2D eigenvalue weighted by Crippen LogP contribution is 2.43. The first kappa shape index (κ1) is 23.6. The summed E-state index contributed by atoms with van der Waals surface area (Å²) >= 11 is 0. The highest BCUT2D eigenvalue weighted by Gasteiger charge is 2.34. The second-order valence-electron chi connectivity index (χ2n) is 9.96. The number of hydrogen-bond donors (Lipinski definition) is 0. The quantitative estimate of drug-likeness (QED) is 0.391. The average molecular weight is 419 g/mol. The standard InChI is InChI=1S/C29H42N2/c1-9-11-25-12-20(5)13-26(27(25)10-2)15-24-14-21(6)29(16-24)31-18-22(7)28(23(31)8)17-30-19(3)4/h12-13,17-18,21,24,29H,3,9-11,14-16H2,1-2,4-8H3. The van der Waals surface area contributed by atoms with E-state index in [0.29, 0.717) is 12.0 Å². The van der Waals surface area contributed by atoms with Crippen molar-refractivity contribution in [1.29, 1.82) is 0 Å². The van der Waals surface area contributed by atoms with Crippen LogP contribution < -0.4 is 0 Å². The van der Waals surface area contributed by atoms with Crippen LogP contribution in [-0.4, -0.2) is 10.8 Å². The van der Waals surface area contributed by atoms with Gasteiger partial charge in [-0.05, 0) is 93.9 Å². The van der Waals surface area contributed by atoms with Crippen molar-refractivity contribution < 1.29 is 0 Å². The fourth-order valence-corrected chi connectivity index (χ4v) is 5.83. The number of allylic oxidation sites excluding steroid dienone is 1. The lowest BCUT2D eigenvalue weighted by Crippen LogP contribution is -2.12. The Morgan fingerprint density at radius 3 is 2.52 bits per heavy atom. The third-order valence-electron chi connectivity index (χ3n) is 7.20. The van der Waals surface area contributed by atoms with Crippen molar-refractivity contribution in [3.8, 4) is 0 Å². The molecule has 168 valence electrons. The maximum atomic E-state index is 4.46. The van der Waals surface area contributed by atoms with Gasteiger partial charge in [0.1, 0.15) is 0 Å². The molecule has 1 aromatic heterocycles. The molecule has 0 N–H and O–H groups in total. The summed E-state index contributed by atoms with van der Waals surface area (Å²) in [6.45, 7) is 19.6. The SMILES string of the molecule is C=C(C)N=Cc1c(C)cn(C2CC(Cc3cc(C)cc(CCC)c3CC)CC2C)c1C. The maximum Gasteiger partial charge on any atom is 0.0363 e. The summed E-state index contributed by atoms with van der Waals surface area (Å²) in [5, 5.41) is 0. The Balaban J connectivity index is 1.83. The van der Waals surface area contributed by atoms with E-state index in [9.17, 15) is 0 Å². The van der Waals surface area contributed by atoms with E-state index in [4.69, 9.17) is 0 Å². The molecule has 1 saturated carbocycles. The molecule has 0 spiro atoms. The van der Waals surface area contributed by atoms with E-state index in [-0.39, 0.29) is 0 Å². The number of rotatable bonds is 8. The van der Waals surface area contributed by atoms with Gasteiger partial charge >= 0.3 is 0 Å². The normalized spacial score (nSPS) is 21.3. The fraction of sp³-hybridized carbons (Fsp3) is 0.552. The van der Waals surface area contributed by atoms with Crippen molar-refractivity contribution in [1.82, 2.24) is 4.57 Å². The smallest absolute Gasteiger partial charge is 0.0363 e. The average Bonchev–Trinajstić information content (AvgIpc) is 3.18. The van der Waals surface area contributed by atoms with Gasteiger partial charge in [-0.3, -0.25) is 4.99 Å². The highest BCUT2D eigenvalue weighted by molar-refractivity contribution is 5.84. The van der Waals surface area contributed by atoms with Crippen molar-refractivity contribution in [2.75, 3.05) is 0 Å². The van der Waals surface area contributed by atoms with E-state index in [2.05, 4.69) is 76.0 Å². The van der Waals surface area contributed by atoms with Gasteiger partial charge in [-0.1, -0.05) is 51.5 Å². The van der Waals surface area contributed by atoms with Crippen LogP contribution >= 0.6 is 0 Å². The summed E-state index contributed by atoms with van der Waals surface area (Å²) < 4.78 is 2.54. The molecule has 0 saturated heterocycles.